The van der Waals surface area contributed by atoms with Crippen LogP contribution in [0.1, 0.15) is 36.7 Å². The molecule has 0 fully saturated rings. The Bertz CT molecular complexity index is 785. The van der Waals surface area contributed by atoms with E-state index < -0.39 is 6.61 Å². The highest BCUT2D eigenvalue weighted by atomic mass is 19.3. The summed E-state index contributed by atoms with van der Waals surface area (Å²) in [7, 11) is 0. The number of halogens is 2. The topological polar surface area (TPSA) is 66.0 Å². The van der Waals surface area contributed by atoms with Gasteiger partial charge in [0.25, 0.3) is 5.91 Å². The molecule has 2 rings (SSSR count). The largest absolute Gasteiger partial charge is 0.490 e. The highest BCUT2D eigenvalue weighted by molar-refractivity contribution is 5.95. The number of carbonyl (C=O) groups excluding carboxylic acids is 1. The molecule has 0 radical (unpaired) electrons. The number of hydrogen-bond acceptors (Lipinski definition) is 5. The molecule has 2 aromatic rings. The van der Waals surface area contributed by atoms with Gasteiger partial charge in [-0.3, -0.25) is 4.79 Å². The lowest BCUT2D eigenvalue weighted by atomic mass is 10.1. The van der Waals surface area contributed by atoms with Gasteiger partial charge in [0, 0.05) is 12.1 Å². The van der Waals surface area contributed by atoms with Crippen LogP contribution in [0.15, 0.2) is 36.4 Å². The lowest BCUT2D eigenvalue weighted by Gasteiger charge is -2.17. The Kier molecular flexibility index (Phi) is 9.18. The standard InChI is InChI=1S/C22H27F2NO5/c1-4-27-18-13-16(14-19(28-5-2)20(18)29-6-3)21(26)25-12-11-15-7-9-17(10-8-15)30-22(23)24/h7-10,13-14,22H,4-6,11-12H2,1-3H3,(H,25,26). The third-order valence-electron chi connectivity index (χ3n) is 4.02. The zero-order chi connectivity index (χ0) is 21.9. The summed E-state index contributed by atoms with van der Waals surface area (Å²) in [5.41, 5.74) is 1.28. The maximum Gasteiger partial charge on any atom is 0.387 e. The summed E-state index contributed by atoms with van der Waals surface area (Å²) >= 11 is 0. The number of alkyl halides is 2. The van der Waals surface area contributed by atoms with Gasteiger partial charge in [-0.15, -0.1) is 0 Å². The van der Waals surface area contributed by atoms with Crippen LogP contribution >= 0.6 is 0 Å². The van der Waals surface area contributed by atoms with Crippen LogP contribution in [0, 0.1) is 0 Å². The predicted octanol–water partition coefficient (Wildman–Crippen LogP) is 4.46. The average Bonchev–Trinajstić information content (AvgIpc) is 2.71. The molecule has 0 saturated carbocycles. The van der Waals surface area contributed by atoms with Gasteiger partial charge < -0.3 is 24.3 Å². The lowest BCUT2D eigenvalue weighted by molar-refractivity contribution is -0.0498. The van der Waals surface area contributed by atoms with E-state index >= 15 is 0 Å². The van der Waals surface area contributed by atoms with Crippen molar-refractivity contribution >= 4 is 5.91 Å². The van der Waals surface area contributed by atoms with Crippen molar-refractivity contribution in [2.45, 2.75) is 33.8 Å². The second-order valence-corrected chi connectivity index (χ2v) is 6.13. The van der Waals surface area contributed by atoms with E-state index in [0.717, 1.165) is 5.56 Å². The van der Waals surface area contributed by atoms with Crippen molar-refractivity contribution < 1.29 is 32.5 Å². The Balaban J connectivity index is 2.04. The average molecular weight is 423 g/mol. The van der Waals surface area contributed by atoms with Gasteiger partial charge in [0.1, 0.15) is 5.75 Å². The summed E-state index contributed by atoms with van der Waals surface area (Å²) in [5, 5.41) is 2.84. The molecule has 1 amide bonds. The molecule has 1 N–H and O–H groups in total. The number of nitrogens with one attached hydrogen (secondary N) is 1. The van der Waals surface area contributed by atoms with E-state index in [9.17, 15) is 13.6 Å². The minimum atomic E-state index is -2.85. The van der Waals surface area contributed by atoms with E-state index in [2.05, 4.69) is 10.1 Å². The number of carbonyl (C=O) groups is 1. The summed E-state index contributed by atoms with van der Waals surface area (Å²) in [4.78, 5) is 12.6. The molecule has 0 bridgehead atoms. The van der Waals surface area contributed by atoms with Gasteiger partial charge in [-0.05, 0) is 57.0 Å². The Morgan fingerprint density at radius 1 is 0.933 bits per heavy atom. The summed E-state index contributed by atoms with van der Waals surface area (Å²) in [6, 6.07) is 9.56. The van der Waals surface area contributed by atoms with Crippen LogP contribution in [0.25, 0.3) is 0 Å². The molecular formula is C22H27F2NO5. The first-order chi connectivity index (χ1) is 14.5. The Labute approximate surface area is 175 Å². The SMILES string of the molecule is CCOc1cc(C(=O)NCCc2ccc(OC(F)F)cc2)cc(OCC)c1OCC. The molecule has 8 heteroatoms. The molecule has 0 atom stereocenters. The third kappa shape index (κ3) is 6.79. The van der Waals surface area contributed by atoms with Crippen LogP contribution in [-0.2, 0) is 6.42 Å². The highest BCUT2D eigenvalue weighted by Gasteiger charge is 2.18. The van der Waals surface area contributed by atoms with Gasteiger partial charge in [0.2, 0.25) is 5.75 Å². The Morgan fingerprint density at radius 2 is 1.50 bits per heavy atom. The second-order valence-electron chi connectivity index (χ2n) is 6.13. The fraction of sp³-hybridized carbons (Fsp3) is 0.409. The number of amides is 1. The maximum absolute atomic E-state index is 12.6. The van der Waals surface area contributed by atoms with Gasteiger partial charge >= 0.3 is 6.61 Å². The number of benzene rings is 2. The molecule has 0 heterocycles. The van der Waals surface area contributed by atoms with Crippen molar-refractivity contribution in [1.29, 1.82) is 0 Å². The Hall–Kier alpha value is -3.03. The first-order valence-corrected chi connectivity index (χ1v) is 9.86. The molecule has 0 aliphatic rings. The fourth-order valence-electron chi connectivity index (χ4n) is 2.78. The number of ether oxygens (including phenoxy) is 4. The van der Waals surface area contributed by atoms with Gasteiger partial charge in [-0.1, -0.05) is 12.1 Å². The van der Waals surface area contributed by atoms with Crippen LogP contribution in [0.5, 0.6) is 23.0 Å². The quantitative estimate of drug-likeness (QED) is 0.546. The van der Waals surface area contributed by atoms with Crippen molar-refractivity contribution in [3.8, 4) is 23.0 Å². The summed E-state index contributed by atoms with van der Waals surface area (Å²) in [6.45, 7) is 4.35. The van der Waals surface area contributed by atoms with Gasteiger partial charge in [-0.25, -0.2) is 0 Å². The molecular weight excluding hydrogens is 396 g/mol. The summed E-state index contributed by atoms with van der Waals surface area (Å²) < 4.78 is 45.6. The molecule has 0 aromatic heterocycles. The molecule has 30 heavy (non-hydrogen) atoms. The number of rotatable bonds is 12. The zero-order valence-electron chi connectivity index (χ0n) is 17.4. The van der Waals surface area contributed by atoms with Crippen molar-refractivity contribution in [1.82, 2.24) is 5.32 Å². The van der Waals surface area contributed by atoms with Crippen LogP contribution in [0.3, 0.4) is 0 Å². The smallest absolute Gasteiger partial charge is 0.387 e. The highest BCUT2D eigenvalue weighted by Crippen LogP contribution is 2.39. The second kappa shape index (κ2) is 11.8. The first-order valence-electron chi connectivity index (χ1n) is 9.86. The molecule has 0 saturated heterocycles. The minimum absolute atomic E-state index is 0.0964. The minimum Gasteiger partial charge on any atom is -0.490 e. The van der Waals surface area contributed by atoms with Crippen molar-refractivity contribution in [3.63, 3.8) is 0 Å². The fourth-order valence-corrected chi connectivity index (χ4v) is 2.78. The molecule has 2 aromatic carbocycles. The molecule has 164 valence electrons. The van der Waals surface area contributed by atoms with E-state index in [1.165, 1.54) is 12.1 Å². The summed E-state index contributed by atoms with van der Waals surface area (Å²) in [6.07, 6.45) is 0.536. The van der Waals surface area contributed by atoms with Gasteiger partial charge in [0.15, 0.2) is 11.5 Å². The molecule has 0 spiro atoms. The first kappa shape index (κ1) is 23.3. The molecule has 0 aliphatic heterocycles. The van der Waals surface area contributed by atoms with Crippen LogP contribution in [0.2, 0.25) is 0 Å². The van der Waals surface area contributed by atoms with Crippen LogP contribution in [0.4, 0.5) is 8.78 Å². The van der Waals surface area contributed by atoms with Crippen molar-refractivity contribution in [3.05, 3.63) is 47.5 Å². The molecule has 0 unspecified atom stereocenters. The Morgan fingerprint density at radius 3 is 2.00 bits per heavy atom. The zero-order valence-corrected chi connectivity index (χ0v) is 17.4. The lowest BCUT2D eigenvalue weighted by Crippen LogP contribution is -2.25. The van der Waals surface area contributed by atoms with Crippen molar-refractivity contribution in [2.75, 3.05) is 26.4 Å². The third-order valence-corrected chi connectivity index (χ3v) is 4.02. The van der Waals surface area contributed by atoms with E-state index in [-0.39, 0.29) is 11.7 Å². The predicted molar refractivity (Wildman–Crippen MR) is 109 cm³/mol. The van der Waals surface area contributed by atoms with Crippen LogP contribution < -0.4 is 24.3 Å². The van der Waals surface area contributed by atoms with Crippen LogP contribution in [-0.4, -0.2) is 38.9 Å². The monoisotopic (exact) mass is 423 g/mol. The van der Waals surface area contributed by atoms with E-state index in [0.29, 0.717) is 55.6 Å². The van der Waals surface area contributed by atoms with E-state index in [4.69, 9.17) is 14.2 Å². The molecule has 6 nitrogen and oxygen atoms in total. The van der Waals surface area contributed by atoms with E-state index in [1.54, 1.807) is 24.3 Å². The molecule has 0 aliphatic carbocycles. The maximum atomic E-state index is 12.6. The van der Waals surface area contributed by atoms with Crippen molar-refractivity contribution in [2.24, 2.45) is 0 Å². The summed E-state index contributed by atoms with van der Waals surface area (Å²) in [5.74, 6) is 1.19. The normalized spacial score (nSPS) is 10.6. The van der Waals surface area contributed by atoms with Gasteiger partial charge in [-0.2, -0.15) is 8.78 Å². The van der Waals surface area contributed by atoms with E-state index in [1.807, 2.05) is 20.8 Å². The number of hydrogen-bond donors (Lipinski definition) is 1. The van der Waals surface area contributed by atoms with Gasteiger partial charge in [0.05, 0.1) is 19.8 Å².